The van der Waals surface area contributed by atoms with Gasteiger partial charge in [-0.15, -0.1) is 0 Å². The maximum Gasteiger partial charge on any atom is 0.142 e. The fourth-order valence-electron chi connectivity index (χ4n) is 3.38. The van der Waals surface area contributed by atoms with Gasteiger partial charge in [-0.25, -0.2) is 0 Å². The number of nitrogens with zero attached hydrogens (tertiary/aromatic N) is 2. The van der Waals surface area contributed by atoms with Crippen LogP contribution < -0.4 is 9.64 Å². The molecule has 1 fully saturated rings. The highest BCUT2D eigenvalue weighted by Crippen LogP contribution is 2.28. The van der Waals surface area contributed by atoms with Gasteiger partial charge in [0, 0.05) is 32.2 Å². The van der Waals surface area contributed by atoms with Gasteiger partial charge >= 0.3 is 0 Å². The predicted octanol–water partition coefficient (Wildman–Crippen LogP) is 3.45. The number of hydrogen-bond acceptors (Lipinski definition) is 3. The molecule has 2 aromatic carbocycles. The SMILES string of the molecule is COc1ccccc1N1CCN(C(C)Cc2ccccc2)CC1. The molecule has 0 N–H and O–H groups in total. The number of benzene rings is 2. The van der Waals surface area contributed by atoms with E-state index in [1.165, 1.54) is 11.3 Å². The maximum absolute atomic E-state index is 5.50. The van der Waals surface area contributed by atoms with Crippen molar-refractivity contribution in [2.24, 2.45) is 0 Å². The van der Waals surface area contributed by atoms with Gasteiger partial charge in [0.15, 0.2) is 0 Å². The van der Waals surface area contributed by atoms with Gasteiger partial charge in [-0.1, -0.05) is 42.5 Å². The molecule has 1 aliphatic heterocycles. The molecular formula is C20H26N2O. The van der Waals surface area contributed by atoms with Crippen LogP contribution >= 0.6 is 0 Å². The minimum atomic E-state index is 0.581. The highest BCUT2D eigenvalue weighted by atomic mass is 16.5. The third kappa shape index (κ3) is 3.85. The number of ether oxygens (including phenoxy) is 1. The predicted molar refractivity (Wildman–Crippen MR) is 96.4 cm³/mol. The fourth-order valence-corrected chi connectivity index (χ4v) is 3.38. The van der Waals surface area contributed by atoms with Gasteiger partial charge in [0.2, 0.25) is 0 Å². The van der Waals surface area contributed by atoms with E-state index >= 15 is 0 Å². The molecule has 3 rings (SSSR count). The monoisotopic (exact) mass is 310 g/mol. The van der Waals surface area contributed by atoms with Gasteiger partial charge in [0.25, 0.3) is 0 Å². The van der Waals surface area contributed by atoms with Gasteiger partial charge in [-0.2, -0.15) is 0 Å². The Balaban J connectivity index is 1.58. The molecule has 0 amide bonds. The van der Waals surface area contributed by atoms with Gasteiger partial charge in [-0.05, 0) is 31.0 Å². The van der Waals surface area contributed by atoms with Crippen LogP contribution in [0.15, 0.2) is 54.6 Å². The summed E-state index contributed by atoms with van der Waals surface area (Å²) in [6.07, 6.45) is 1.12. The van der Waals surface area contributed by atoms with Crippen LogP contribution in [0, 0.1) is 0 Å². The lowest BCUT2D eigenvalue weighted by molar-refractivity contribution is 0.195. The molecule has 3 heteroatoms. The Morgan fingerprint density at radius 2 is 1.57 bits per heavy atom. The molecule has 122 valence electrons. The standard InChI is InChI=1S/C20H26N2O/c1-17(16-18-8-4-3-5-9-18)21-12-14-22(15-13-21)19-10-6-7-11-20(19)23-2/h3-11,17H,12-16H2,1-2H3. The number of methoxy groups -OCH3 is 1. The van der Waals surface area contributed by atoms with Crippen LogP contribution in [0.3, 0.4) is 0 Å². The van der Waals surface area contributed by atoms with Crippen LogP contribution in [0.25, 0.3) is 0 Å². The average molecular weight is 310 g/mol. The van der Waals surface area contributed by atoms with Crippen molar-refractivity contribution in [3.8, 4) is 5.75 Å². The van der Waals surface area contributed by atoms with Crippen molar-refractivity contribution in [2.45, 2.75) is 19.4 Å². The summed E-state index contributed by atoms with van der Waals surface area (Å²) < 4.78 is 5.50. The van der Waals surface area contributed by atoms with E-state index in [1.807, 2.05) is 12.1 Å². The molecule has 0 saturated carbocycles. The first-order valence-corrected chi connectivity index (χ1v) is 8.44. The summed E-state index contributed by atoms with van der Waals surface area (Å²) in [6.45, 7) is 6.66. The Morgan fingerprint density at radius 1 is 0.913 bits per heavy atom. The maximum atomic E-state index is 5.50. The zero-order chi connectivity index (χ0) is 16.1. The molecule has 1 unspecified atom stereocenters. The molecule has 1 saturated heterocycles. The van der Waals surface area contributed by atoms with E-state index < -0.39 is 0 Å². The quantitative estimate of drug-likeness (QED) is 0.841. The summed E-state index contributed by atoms with van der Waals surface area (Å²) in [5.41, 5.74) is 2.64. The zero-order valence-electron chi connectivity index (χ0n) is 14.1. The zero-order valence-corrected chi connectivity index (χ0v) is 14.1. The molecule has 2 aromatic rings. The third-order valence-electron chi connectivity index (χ3n) is 4.74. The van der Waals surface area contributed by atoms with E-state index in [1.54, 1.807) is 7.11 Å². The molecule has 1 atom stereocenters. The second-order valence-electron chi connectivity index (χ2n) is 6.23. The molecule has 1 heterocycles. The molecule has 3 nitrogen and oxygen atoms in total. The Kier molecular flexibility index (Phi) is 5.19. The Bertz CT molecular complexity index is 606. The Labute approximate surface area is 139 Å². The minimum Gasteiger partial charge on any atom is -0.495 e. The van der Waals surface area contributed by atoms with Gasteiger partial charge in [0.05, 0.1) is 12.8 Å². The van der Waals surface area contributed by atoms with Crippen molar-refractivity contribution in [1.29, 1.82) is 0 Å². The van der Waals surface area contributed by atoms with Crippen molar-refractivity contribution >= 4 is 5.69 Å². The summed E-state index contributed by atoms with van der Waals surface area (Å²) in [5, 5.41) is 0. The summed E-state index contributed by atoms with van der Waals surface area (Å²) >= 11 is 0. The third-order valence-corrected chi connectivity index (χ3v) is 4.74. The first-order valence-electron chi connectivity index (χ1n) is 8.44. The van der Waals surface area contributed by atoms with Crippen molar-refractivity contribution in [3.05, 3.63) is 60.2 Å². The van der Waals surface area contributed by atoms with Crippen LogP contribution in [0.2, 0.25) is 0 Å². The van der Waals surface area contributed by atoms with Crippen LogP contribution in [0.5, 0.6) is 5.75 Å². The Morgan fingerprint density at radius 3 is 2.26 bits per heavy atom. The number of piperazine rings is 1. The number of anilines is 1. The first kappa shape index (κ1) is 15.9. The van der Waals surface area contributed by atoms with Gasteiger partial charge in [-0.3, -0.25) is 4.90 Å². The van der Waals surface area contributed by atoms with Crippen molar-refractivity contribution in [1.82, 2.24) is 4.90 Å². The normalized spacial score (nSPS) is 17.0. The van der Waals surface area contributed by atoms with Crippen molar-refractivity contribution in [3.63, 3.8) is 0 Å². The van der Waals surface area contributed by atoms with E-state index in [9.17, 15) is 0 Å². The molecule has 23 heavy (non-hydrogen) atoms. The molecule has 0 spiro atoms. The molecule has 0 aromatic heterocycles. The largest absolute Gasteiger partial charge is 0.495 e. The van der Waals surface area contributed by atoms with Gasteiger partial charge < -0.3 is 9.64 Å². The van der Waals surface area contributed by atoms with E-state index in [-0.39, 0.29) is 0 Å². The smallest absolute Gasteiger partial charge is 0.142 e. The Hall–Kier alpha value is -2.00. The molecule has 0 bridgehead atoms. The lowest BCUT2D eigenvalue weighted by Gasteiger charge is -2.39. The summed E-state index contributed by atoms with van der Waals surface area (Å²) in [7, 11) is 1.75. The average Bonchev–Trinajstić information content (AvgIpc) is 2.62. The summed E-state index contributed by atoms with van der Waals surface area (Å²) in [4.78, 5) is 5.03. The fraction of sp³-hybridized carbons (Fsp3) is 0.400. The second kappa shape index (κ2) is 7.51. The number of hydrogen-bond donors (Lipinski definition) is 0. The van der Waals surface area contributed by atoms with Crippen LogP contribution in [-0.4, -0.2) is 44.2 Å². The van der Waals surface area contributed by atoms with E-state index in [4.69, 9.17) is 4.74 Å². The van der Waals surface area contributed by atoms with Gasteiger partial charge in [0.1, 0.15) is 5.75 Å². The van der Waals surface area contributed by atoms with E-state index in [0.717, 1.165) is 38.3 Å². The molecular weight excluding hydrogens is 284 g/mol. The lowest BCUT2D eigenvalue weighted by atomic mass is 10.1. The molecule has 0 aliphatic carbocycles. The van der Waals surface area contributed by atoms with Crippen LogP contribution in [0.1, 0.15) is 12.5 Å². The summed E-state index contributed by atoms with van der Waals surface area (Å²) in [6, 6.07) is 19.7. The van der Waals surface area contributed by atoms with Crippen molar-refractivity contribution in [2.75, 3.05) is 38.2 Å². The molecule has 0 radical (unpaired) electrons. The van der Waals surface area contributed by atoms with E-state index in [0.29, 0.717) is 6.04 Å². The lowest BCUT2D eigenvalue weighted by Crippen LogP contribution is -2.50. The second-order valence-corrected chi connectivity index (χ2v) is 6.23. The topological polar surface area (TPSA) is 15.7 Å². The number of para-hydroxylation sites is 2. The summed E-state index contributed by atoms with van der Waals surface area (Å²) in [5.74, 6) is 0.971. The minimum absolute atomic E-state index is 0.581. The van der Waals surface area contributed by atoms with Crippen molar-refractivity contribution < 1.29 is 4.74 Å². The van der Waals surface area contributed by atoms with Crippen LogP contribution in [-0.2, 0) is 6.42 Å². The highest BCUT2D eigenvalue weighted by Gasteiger charge is 2.22. The van der Waals surface area contributed by atoms with Crippen LogP contribution in [0.4, 0.5) is 5.69 Å². The first-order chi connectivity index (χ1) is 11.3. The number of rotatable bonds is 5. The molecule has 1 aliphatic rings. The highest BCUT2D eigenvalue weighted by molar-refractivity contribution is 5.58. The van der Waals surface area contributed by atoms with E-state index in [2.05, 4.69) is 59.2 Å².